The third-order valence-corrected chi connectivity index (χ3v) is 3.83. The lowest BCUT2D eigenvalue weighted by Crippen LogP contribution is -1.96. The summed E-state index contributed by atoms with van der Waals surface area (Å²) < 4.78 is 5.06. The van der Waals surface area contributed by atoms with Crippen molar-refractivity contribution in [2.75, 3.05) is 0 Å². The molecule has 2 heterocycles. The Labute approximate surface area is 112 Å². The predicted octanol–water partition coefficient (Wildman–Crippen LogP) is 2.91. The SMILES string of the molecule is CC(C)c1nsc(Sc2ccc(C(=O)O)cn2)n1. The van der Waals surface area contributed by atoms with Crippen LogP contribution in [0.5, 0.6) is 0 Å². The van der Waals surface area contributed by atoms with E-state index in [9.17, 15) is 4.79 Å². The van der Waals surface area contributed by atoms with Gasteiger partial charge in [0.1, 0.15) is 10.9 Å². The summed E-state index contributed by atoms with van der Waals surface area (Å²) in [5, 5.41) is 9.48. The van der Waals surface area contributed by atoms with E-state index in [2.05, 4.69) is 14.3 Å². The normalized spacial score (nSPS) is 10.8. The summed E-state index contributed by atoms with van der Waals surface area (Å²) in [7, 11) is 0. The van der Waals surface area contributed by atoms with Gasteiger partial charge in [-0.05, 0) is 35.4 Å². The van der Waals surface area contributed by atoms with E-state index in [0.717, 1.165) is 10.2 Å². The van der Waals surface area contributed by atoms with Gasteiger partial charge in [0.2, 0.25) is 0 Å². The lowest BCUT2D eigenvalue weighted by molar-refractivity contribution is 0.0696. The highest BCUT2D eigenvalue weighted by molar-refractivity contribution is 8.00. The number of rotatable bonds is 4. The van der Waals surface area contributed by atoms with Gasteiger partial charge < -0.3 is 5.11 Å². The third kappa shape index (κ3) is 3.05. The van der Waals surface area contributed by atoms with Gasteiger partial charge in [0.15, 0.2) is 4.34 Å². The monoisotopic (exact) mass is 281 g/mol. The van der Waals surface area contributed by atoms with Gasteiger partial charge in [0.05, 0.1) is 5.56 Å². The second kappa shape index (κ2) is 5.45. The first-order chi connectivity index (χ1) is 8.56. The average molecular weight is 281 g/mol. The topological polar surface area (TPSA) is 76.0 Å². The zero-order valence-electron chi connectivity index (χ0n) is 9.82. The molecule has 18 heavy (non-hydrogen) atoms. The lowest BCUT2D eigenvalue weighted by Gasteiger charge is -1.97. The van der Waals surface area contributed by atoms with Crippen molar-refractivity contribution in [3.05, 3.63) is 29.7 Å². The quantitative estimate of drug-likeness (QED) is 0.928. The number of carbonyl (C=O) groups is 1. The summed E-state index contributed by atoms with van der Waals surface area (Å²) in [4.78, 5) is 19.1. The fourth-order valence-electron chi connectivity index (χ4n) is 1.15. The largest absolute Gasteiger partial charge is 0.478 e. The van der Waals surface area contributed by atoms with Crippen molar-refractivity contribution in [2.24, 2.45) is 0 Å². The first kappa shape index (κ1) is 13.0. The number of carboxylic acid groups (broad SMARTS) is 1. The Morgan fingerprint density at radius 1 is 1.44 bits per heavy atom. The number of carboxylic acids is 1. The molecule has 0 aromatic carbocycles. The fraction of sp³-hybridized carbons (Fsp3) is 0.273. The number of aromatic carboxylic acids is 1. The number of aromatic nitrogens is 3. The molecule has 0 fully saturated rings. The van der Waals surface area contributed by atoms with Gasteiger partial charge in [-0.3, -0.25) is 0 Å². The Morgan fingerprint density at radius 3 is 2.72 bits per heavy atom. The minimum absolute atomic E-state index is 0.180. The summed E-state index contributed by atoms with van der Waals surface area (Å²) in [6.45, 7) is 4.08. The molecule has 0 spiro atoms. The Morgan fingerprint density at radius 2 is 2.22 bits per heavy atom. The van der Waals surface area contributed by atoms with Gasteiger partial charge in [-0.25, -0.2) is 14.8 Å². The molecule has 0 unspecified atom stereocenters. The summed E-state index contributed by atoms with van der Waals surface area (Å²) in [5.41, 5.74) is 0.180. The summed E-state index contributed by atoms with van der Waals surface area (Å²) in [6, 6.07) is 3.20. The number of hydrogen-bond acceptors (Lipinski definition) is 6. The maximum Gasteiger partial charge on any atom is 0.337 e. The summed E-state index contributed by atoms with van der Waals surface area (Å²) >= 11 is 2.72. The Kier molecular flexibility index (Phi) is 3.93. The fourth-order valence-corrected chi connectivity index (χ4v) is 2.79. The molecule has 0 saturated carbocycles. The maximum atomic E-state index is 10.7. The van der Waals surface area contributed by atoms with E-state index >= 15 is 0 Å². The van der Waals surface area contributed by atoms with Crippen molar-refractivity contribution in [3.8, 4) is 0 Å². The zero-order valence-corrected chi connectivity index (χ0v) is 11.5. The molecule has 0 amide bonds. The van der Waals surface area contributed by atoms with Crippen molar-refractivity contribution >= 4 is 29.3 Å². The van der Waals surface area contributed by atoms with Gasteiger partial charge in [0.25, 0.3) is 0 Å². The summed E-state index contributed by atoms with van der Waals surface area (Å²) in [6.07, 6.45) is 1.34. The van der Waals surface area contributed by atoms with Crippen molar-refractivity contribution in [2.45, 2.75) is 29.1 Å². The van der Waals surface area contributed by atoms with Gasteiger partial charge in [-0.1, -0.05) is 13.8 Å². The van der Waals surface area contributed by atoms with E-state index in [-0.39, 0.29) is 5.56 Å². The molecule has 2 aromatic rings. The Balaban J connectivity index is 2.10. The highest BCUT2D eigenvalue weighted by atomic mass is 32.2. The van der Waals surface area contributed by atoms with E-state index in [1.165, 1.54) is 35.6 Å². The molecule has 0 bridgehead atoms. The van der Waals surface area contributed by atoms with E-state index in [1.807, 2.05) is 13.8 Å². The molecule has 0 aliphatic carbocycles. The van der Waals surface area contributed by atoms with Crippen LogP contribution in [0.3, 0.4) is 0 Å². The van der Waals surface area contributed by atoms with Crippen LogP contribution in [-0.2, 0) is 0 Å². The standard InChI is InChI=1S/C11H11N3O2S2/c1-6(2)9-13-11(18-14-9)17-8-4-3-7(5-12-8)10(15)16/h3-6H,1-2H3,(H,15,16). The van der Waals surface area contributed by atoms with Crippen molar-refractivity contribution in [3.63, 3.8) is 0 Å². The zero-order chi connectivity index (χ0) is 13.1. The molecular formula is C11H11N3O2S2. The Bertz CT molecular complexity index is 552. The van der Waals surface area contributed by atoms with Crippen LogP contribution in [0.15, 0.2) is 27.7 Å². The first-order valence-electron chi connectivity index (χ1n) is 5.27. The van der Waals surface area contributed by atoms with Crippen molar-refractivity contribution in [1.82, 2.24) is 14.3 Å². The van der Waals surface area contributed by atoms with Gasteiger partial charge in [-0.2, -0.15) is 4.37 Å². The van der Waals surface area contributed by atoms with Gasteiger partial charge in [-0.15, -0.1) is 0 Å². The van der Waals surface area contributed by atoms with Crippen LogP contribution in [0.2, 0.25) is 0 Å². The minimum atomic E-state index is -0.975. The average Bonchev–Trinajstić information content (AvgIpc) is 2.78. The van der Waals surface area contributed by atoms with E-state index < -0.39 is 5.97 Å². The molecule has 0 aliphatic rings. The molecule has 0 saturated heterocycles. The summed E-state index contributed by atoms with van der Waals surface area (Å²) in [5.74, 6) is 0.152. The first-order valence-corrected chi connectivity index (χ1v) is 6.86. The molecule has 1 N–H and O–H groups in total. The molecule has 7 heteroatoms. The van der Waals surface area contributed by atoms with Gasteiger partial charge >= 0.3 is 5.97 Å². The minimum Gasteiger partial charge on any atom is -0.478 e. The van der Waals surface area contributed by atoms with Crippen LogP contribution in [-0.4, -0.2) is 25.4 Å². The van der Waals surface area contributed by atoms with E-state index in [4.69, 9.17) is 5.11 Å². The molecule has 0 radical (unpaired) electrons. The smallest absolute Gasteiger partial charge is 0.337 e. The molecule has 0 atom stereocenters. The van der Waals surface area contributed by atoms with Crippen LogP contribution in [0.1, 0.15) is 35.9 Å². The number of pyridine rings is 1. The molecular weight excluding hydrogens is 270 g/mol. The maximum absolute atomic E-state index is 10.7. The Hall–Kier alpha value is -1.47. The van der Waals surface area contributed by atoms with Crippen LogP contribution >= 0.6 is 23.3 Å². The highest BCUT2D eigenvalue weighted by Gasteiger charge is 2.10. The van der Waals surface area contributed by atoms with Crippen LogP contribution in [0.4, 0.5) is 0 Å². The van der Waals surface area contributed by atoms with Crippen molar-refractivity contribution < 1.29 is 9.90 Å². The van der Waals surface area contributed by atoms with E-state index in [1.54, 1.807) is 6.07 Å². The number of hydrogen-bond donors (Lipinski definition) is 1. The second-order valence-corrected chi connectivity index (χ2v) is 5.88. The van der Waals surface area contributed by atoms with E-state index in [0.29, 0.717) is 10.9 Å². The highest BCUT2D eigenvalue weighted by Crippen LogP contribution is 2.28. The van der Waals surface area contributed by atoms with Crippen LogP contribution in [0.25, 0.3) is 0 Å². The molecule has 0 aliphatic heterocycles. The third-order valence-electron chi connectivity index (χ3n) is 2.11. The van der Waals surface area contributed by atoms with Crippen molar-refractivity contribution in [1.29, 1.82) is 0 Å². The lowest BCUT2D eigenvalue weighted by atomic mass is 10.2. The second-order valence-electron chi connectivity index (χ2n) is 3.87. The van der Waals surface area contributed by atoms with Gasteiger partial charge in [0, 0.05) is 12.1 Å². The molecule has 94 valence electrons. The molecule has 2 rings (SSSR count). The van der Waals surface area contributed by atoms with Crippen LogP contribution in [0, 0.1) is 0 Å². The van der Waals surface area contributed by atoms with Crippen LogP contribution < -0.4 is 0 Å². The molecule has 5 nitrogen and oxygen atoms in total. The number of nitrogens with zero attached hydrogens (tertiary/aromatic N) is 3. The molecule has 2 aromatic heterocycles. The predicted molar refractivity (Wildman–Crippen MR) is 69.3 cm³/mol.